The molecular weight excluding hydrogens is 317 g/mol. The summed E-state index contributed by atoms with van der Waals surface area (Å²) in [6.07, 6.45) is 5.04. The minimum absolute atomic E-state index is 0.0775. The molecule has 96 valence electrons. The standard InChI is InChI=1S/C12H24INO2/c1-4-6-7-10(5-2)8-14-9-11(13)12(15)16-3/h10-11,14H,4-9H2,1-3H3. The molecule has 0 aromatic rings. The van der Waals surface area contributed by atoms with Crippen LogP contribution in [0.2, 0.25) is 0 Å². The van der Waals surface area contributed by atoms with E-state index in [-0.39, 0.29) is 9.89 Å². The summed E-state index contributed by atoms with van der Waals surface area (Å²) < 4.78 is 4.60. The van der Waals surface area contributed by atoms with Crippen LogP contribution < -0.4 is 5.32 Å². The molecule has 1 N–H and O–H groups in total. The first kappa shape index (κ1) is 16.2. The minimum atomic E-state index is -0.144. The lowest BCUT2D eigenvalue weighted by molar-refractivity contribution is -0.139. The lowest BCUT2D eigenvalue weighted by Crippen LogP contribution is -2.32. The van der Waals surface area contributed by atoms with Crippen molar-refractivity contribution >= 4 is 28.6 Å². The summed E-state index contributed by atoms with van der Waals surface area (Å²) in [5.74, 6) is 0.593. The van der Waals surface area contributed by atoms with Crippen LogP contribution in [0.15, 0.2) is 0 Å². The second-order valence-electron chi connectivity index (χ2n) is 4.07. The fraction of sp³-hybridized carbons (Fsp3) is 0.917. The Kier molecular flexibility index (Phi) is 10.4. The van der Waals surface area contributed by atoms with Crippen LogP contribution in [0.25, 0.3) is 0 Å². The molecule has 2 unspecified atom stereocenters. The third-order valence-electron chi connectivity index (χ3n) is 2.76. The van der Waals surface area contributed by atoms with Crippen molar-refractivity contribution in [2.45, 2.75) is 43.5 Å². The molecule has 0 heterocycles. The number of methoxy groups -OCH3 is 1. The maximum atomic E-state index is 11.2. The molecule has 0 fully saturated rings. The van der Waals surface area contributed by atoms with Crippen LogP contribution in [0.5, 0.6) is 0 Å². The van der Waals surface area contributed by atoms with Crippen molar-refractivity contribution in [1.29, 1.82) is 0 Å². The van der Waals surface area contributed by atoms with Crippen molar-refractivity contribution in [2.75, 3.05) is 20.2 Å². The first-order valence-electron chi connectivity index (χ1n) is 6.08. The topological polar surface area (TPSA) is 38.3 Å². The molecule has 2 atom stereocenters. The van der Waals surface area contributed by atoms with Gasteiger partial charge in [-0.25, -0.2) is 0 Å². The van der Waals surface area contributed by atoms with Crippen LogP contribution in [0.4, 0.5) is 0 Å². The molecule has 0 saturated carbocycles. The van der Waals surface area contributed by atoms with Gasteiger partial charge in [-0.3, -0.25) is 4.79 Å². The summed E-state index contributed by atoms with van der Waals surface area (Å²) in [7, 11) is 1.43. The van der Waals surface area contributed by atoms with E-state index < -0.39 is 0 Å². The summed E-state index contributed by atoms with van der Waals surface area (Å²) >= 11 is 2.12. The number of carbonyl (C=O) groups is 1. The Hall–Kier alpha value is 0.160. The monoisotopic (exact) mass is 341 g/mol. The molecule has 0 aliphatic carbocycles. The lowest BCUT2D eigenvalue weighted by atomic mass is 9.99. The first-order chi connectivity index (χ1) is 7.65. The van der Waals surface area contributed by atoms with Gasteiger partial charge in [-0.2, -0.15) is 0 Å². The van der Waals surface area contributed by atoms with E-state index >= 15 is 0 Å². The number of alkyl halides is 1. The highest BCUT2D eigenvalue weighted by atomic mass is 127. The Morgan fingerprint density at radius 2 is 2.06 bits per heavy atom. The second-order valence-corrected chi connectivity index (χ2v) is 5.57. The Labute approximate surface area is 113 Å². The number of esters is 1. The van der Waals surface area contributed by atoms with E-state index in [9.17, 15) is 4.79 Å². The van der Waals surface area contributed by atoms with Crippen LogP contribution in [0.3, 0.4) is 0 Å². The maximum absolute atomic E-state index is 11.2. The van der Waals surface area contributed by atoms with E-state index in [1.54, 1.807) is 0 Å². The van der Waals surface area contributed by atoms with Crippen molar-refractivity contribution in [3.63, 3.8) is 0 Å². The van der Waals surface area contributed by atoms with E-state index in [2.05, 4.69) is 46.5 Å². The quantitative estimate of drug-likeness (QED) is 0.398. The number of hydrogen-bond acceptors (Lipinski definition) is 3. The number of rotatable bonds is 9. The molecule has 4 heteroatoms. The van der Waals surface area contributed by atoms with Crippen molar-refractivity contribution < 1.29 is 9.53 Å². The van der Waals surface area contributed by atoms with E-state index in [4.69, 9.17) is 0 Å². The SMILES string of the molecule is CCCCC(CC)CNCC(I)C(=O)OC. The van der Waals surface area contributed by atoms with Crippen molar-refractivity contribution in [1.82, 2.24) is 5.32 Å². The molecule has 0 saturated heterocycles. The zero-order valence-electron chi connectivity index (χ0n) is 10.6. The highest BCUT2D eigenvalue weighted by molar-refractivity contribution is 14.1. The van der Waals surface area contributed by atoms with Gasteiger partial charge in [0, 0.05) is 6.54 Å². The highest BCUT2D eigenvalue weighted by Gasteiger charge is 2.14. The maximum Gasteiger partial charge on any atom is 0.319 e. The van der Waals surface area contributed by atoms with E-state index in [0.29, 0.717) is 6.54 Å². The van der Waals surface area contributed by atoms with Gasteiger partial charge in [-0.05, 0) is 18.9 Å². The Morgan fingerprint density at radius 1 is 1.38 bits per heavy atom. The van der Waals surface area contributed by atoms with Gasteiger partial charge in [-0.1, -0.05) is 55.7 Å². The summed E-state index contributed by atoms with van der Waals surface area (Å²) in [5, 5.41) is 3.35. The Balaban J connectivity index is 3.64. The van der Waals surface area contributed by atoms with Gasteiger partial charge in [0.1, 0.15) is 3.92 Å². The highest BCUT2D eigenvalue weighted by Crippen LogP contribution is 2.11. The van der Waals surface area contributed by atoms with Gasteiger partial charge in [-0.15, -0.1) is 0 Å². The van der Waals surface area contributed by atoms with Gasteiger partial charge in [0.15, 0.2) is 0 Å². The zero-order chi connectivity index (χ0) is 12.4. The molecule has 16 heavy (non-hydrogen) atoms. The average Bonchev–Trinajstić information content (AvgIpc) is 2.32. The smallest absolute Gasteiger partial charge is 0.319 e. The third-order valence-corrected chi connectivity index (χ3v) is 3.71. The van der Waals surface area contributed by atoms with Gasteiger partial charge >= 0.3 is 5.97 Å². The normalized spacial score (nSPS) is 14.5. The number of hydrogen-bond donors (Lipinski definition) is 1. The van der Waals surface area contributed by atoms with Crippen molar-refractivity contribution in [3.05, 3.63) is 0 Å². The van der Waals surface area contributed by atoms with Crippen molar-refractivity contribution in [3.8, 4) is 0 Å². The number of carbonyl (C=O) groups excluding carboxylic acids is 1. The van der Waals surface area contributed by atoms with Gasteiger partial charge < -0.3 is 10.1 Å². The number of ether oxygens (including phenoxy) is 1. The summed E-state index contributed by atoms with van der Waals surface area (Å²) in [4.78, 5) is 11.2. The molecule has 0 rings (SSSR count). The molecule has 0 spiro atoms. The van der Waals surface area contributed by atoms with Gasteiger partial charge in [0.05, 0.1) is 7.11 Å². The fourth-order valence-electron chi connectivity index (χ4n) is 1.57. The molecule has 0 aliphatic heterocycles. The number of halogens is 1. The predicted molar refractivity (Wildman–Crippen MR) is 76.0 cm³/mol. The van der Waals surface area contributed by atoms with Gasteiger partial charge in [0.25, 0.3) is 0 Å². The molecule has 0 bridgehead atoms. The summed E-state index contributed by atoms with van der Waals surface area (Å²) in [6, 6.07) is 0. The summed E-state index contributed by atoms with van der Waals surface area (Å²) in [6.45, 7) is 6.16. The molecule has 0 radical (unpaired) electrons. The Morgan fingerprint density at radius 3 is 2.56 bits per heavy atom. The molecule has 0 aromatic carbocycles. The lowest BCUT2D eigenvalue weighted by Gasteiger charge is -2.16. The van der Waals surface area contributed by atoms with Crippen LogP contribution in [0.1, 0.15) is 39.5 Å². The third kappa shape index (κ3) is 7.44. The average molecular weight is 341 g/mol. The largest absolute Gasteiger partial charge is 0.468 e. The molecular formula is C12H24INO2. The second kappa shape index (κ2) is 10.3. The van der Waals surface area contributed by atoms with E-state index in [1.165, 1.54) is 32.8 Å². The fourth-order valence-corrected chi connectivity index (χ4v) is 2.13. The van der Waals surface area contributed by atoms with E-state index in [1.807, 2.05) is 0 Å². The van der Waals surface area contributed by atoms with Gasteiger partial charge in [0.2, 0.25) is 0 Å². The summed E-state index contributed by atoms with van der Waals surface area (Å²) in [5.41, 5.74) is 0. The first-order valence-corrected chi connectivity index (χ1v) is 7.32. The van der Waals surface area contributed by atoms with Crippen LogP contribution in [-0.4, -0.2) is 30.1 Å². The minimum Gasteiger partial charge on any atom is -0.468 e. The molecule has 3 nitrogen and oxygen atoms in total. The number of nitrogens with one attached hydrogen (secondary N) is 1. The molecule has 0 amide bonds. The molecule has 0 aromatic heterocycles. The van der Waals surface area contributed by atoms with Crippen LogP contribution in [-0.2, 0) is 9.53 Å². The Bertz CT molecular complexity index is 188. The molecule has 0 aliphatic rings. The van der Waals surface area contributed by atoms with E-state index in [0.717, 1.165) is 12.5 Å². The van der Waals surface area contributed by atoms with Crippen molar-refractivity contribution in [2.24, 2.45) is 5.92 Å². The zero-order valence-corrected chi connectivity index (χ0v) is 12.7. The predicted octanol–water partition coefficient (Wildman–Crippen LogP) is 2.77. The van der Waals surface area contributed by atoms with Crippen LogP contribution >= 0.6 is 22.6 Å². The van der Waals surface area contributed by atoms with Crippen LogP contribution in [0, 0.1) is 5.92 Å². The number of unbranched alkanes of at least 4 members (excludes halogenated alkanes) is 1.